The maximum Gasteiger partial charge on any atom is 0.434 e. The molecule has 10 nitrogen and oxygen atoms in total. The topological polar surface area (TPSA) is 131 Å². The van der Waals surface area contributed by atoms with Crippen LogP contribution in [0.2, 0.25) is 0 Å². The normalized spacial score (nSPS) is 12.3. The van der Waals surface area contributed by atoms with Gasteiger partial charge in [0.25, 0.3) is 0 Å². The first-order valence-corrected chi connectivity index (χ1v) is 7.58. The van der Waals surface area contributed by atoms with E-state index in [1.807, 2.05) is 20.8 Å². The van der Waals surface area contributed by atoms with Crippen LogP contribution < -0.4 is 16.0 Å². The molecule has 3 N–H and O–H groups in total. The second-order valence-electron chi connectivity index (χ2n) is 6.34. The molecule has 1 rings (SSSR count). The van der Waals surface area contributed by atoms with Gasteiger partial charge in [-0.05, 0) is 16.8 Å². The molecule has 0 saturated carbocycles. The van der Waals surface area contributed by atoms with Gasteiger partial charge in [0.05, 0.1) is 6.54 Å². The van der Waals surface area contributed by atoms with Crippen molar-refractivity contribution in [2.24, 2.45) is 5.41 Å². The van der Waals surface area contributed by atoms with Crippen LogP contribution in [0.3, 0.4) is 0 Å². The number of carbonyl (C=O) groups excluding carboxylic acids is 2. The van der Waals surface area contributed by atoms with Gasteiger partial charge in [0, 0.05) is 13.6 Å². The predicted octanol–water partition coefficient (Wildman–Crippen LogP) is 0.641. The third-order valence-electron chi connectivity index (χ3n) is 3.37. The van der Waals surface area contributed by atoms with E-state index in [1.165, 1.54) is 24.0 Å². The zero-order chi connectivity index (χ0) is 18.3. The summed E-state index contributed by atoms with van der Waals surface area (Å²) in [6.07, 6.45) is 3.36. The van der Waals surface area contributed by atoms with Crippen molar-refractivity contribution in [1.29, 1.82) is 0 Å². The lowest BCUT2D eigenvalue weighted by Gasteiger charge is -2.29. The van der Waals surface area contributed by atoms with Gasteiger partial charge >= 0.3 is 12.0 Å². The number of aromatic nitrogens is 2. The first-order chi connectivity index (χ1) is 11.2. The van der Waals surface area contributed by atoms with Crippen molar-refractivity contribution in [3.63, 3.8) is 0 Å². The number of nitro groups is 1. The molecule has 0 aliphatic carbocycles. The van der Waals surface area contributed by atoms with Crippen LogP contribution in [0.4, 0.5) is 10.7 Å². The molecule has 0 aliphatic rings. The van der Waals surface area contributed by atoms with Crippen LogP contribution in [-0.4, -0.2) is 46.0 Å². The molecule has 1 atom stereocenters. The smallest absolute Gasteiger partial charge is 0.390 e. The molecule has 0 spiro atoms. The molecule has 1 aromatic heterocycles. The number of hydrogen-bond acceptors (Lipinski definition) is 5. The van der Waals surface area contributed by atoms with E-state index in [1.54, 1.807) is 0 Å². The Morgan fingerprint density at radius 3 is 2.62 bits per heavy atom. The molecule has 0 saturated heterocycles. The quantitative estimate of drug-likeness (QED) is 0.381. The molecule has 0 bridgehead atoms. The Hall–Kier alpha value is -2.65. The van der Waals surface area contributed by atoms with E-state index < -0.39 is 22.4 Å². The standard InChI is InChI=1S/C14H24N6O4/c1-14(2,3)10(11(21)15-4)18-12(22)16-6-5-8-19-9-7-17-13(19)20(23)24/h7,9-10H,5-6,8H2,1-4H3,(H,15,21)(H2,16,18,22)/t10-/m1/s1. The van der Waals surface area contributed by atoms with Crippen molar-refractivity contribution < 1.29 is 14.5 Å². The van der Waals surface area contributed by atoms with Gasteiger partial charge in [-0.25, -0.2) is 9.36 Å². The SMILES string of the molecule is CNC(=O)[C@@H](NC(=O)NCCCn1ccnc1[N+](=O)[O-])C(C)(C)C. The van der Waals surface area contributed by atoms with Crippen LogP contribution in [0.1, 0.15) is 27.2 Å². The molecule has 0 aliphatic heterocycles. The number of urea groups is 1. The molecule has 1 heterocycles. The van der Waals surface area contributed by atoms with Crippen LogP contribution in [0.5, 0.6) is 0 Å². The van der Waals surface area contributed by atoms with Crippen molar-refractivity contribution in [2.45, 2.75) is 39.8 Å². The number of hydrogen-bond donors (Lipinski definition) is 3. The first kappa shape index (κ1) is 19.4. The van der Waals surface area contributed by atoms with E-state index in [2.05, 4.69) is 20.9 Å². The van der Waals surface area contributed by atoms with E-state index in [4.69, 9.17) is 0 Å². The molecule has 3 amide bonds. The van der Waals surface area contributed by atoms with E-state index >= 15 is 0 Å². The van der Waals surface area contributed by atoms with Gasteiger partial charge in [-0.3, -0.25) is 4.79 Å². The van der Waals surface area contributed by atoms with Crippen molar-refractivity contribution in [3.8, 4) is 0 Å². The number of rotatable bonds is 7. The minimum absolute atomic E-state index is 0.230. The number of nitrogens with zero attached hydrogens (tertiary/aromatic N) is 3. The van der Waals surface area contributed by atoms with Crippen LogP contribution in [0, 0.1) is 15.5 Å². The Balaban J connectivity index is 2.44. The molecule has 24 heavy (non-hydrogen) atoms. The average Bonchev–Trinajstić information content (AvgIpc) is 2.96. The highest BCUT2D eigenvalue weighted by Crippen LogP contribution is 2.19. The Morgan fingerprint density at radius 1 is 1.42 bits per heavy atom. The summed E-state index contributed by atoms with van der Waals surface area (Å²) in [5, 5.41) is 18.5. The van der Waals surface area contributed by atoms with E-state index in [0.29, 0.717) is 19.5 Å². The van der Waals surface area contributed by atoms with Crippen LogP contribution >= 0.6 is 0 Å². The third-order valence-corrected chi connectivity index (χ3v) is 3.37. The minimum atomic E-state index is -0.669. The largest absolute Gasteiger partial charge is 0.434 e. The zero-order valence-electron chi connectivity index (χ0n) is 14.3. The Bertz CT molecular complexity index is 592. The highest BCUT2D eigenvalue weighted by molar-refractivity contribution is 5.87. The predicted molar refractivity (Wildman–Crippen MR) is 87.3 cm³/mol. The van der Waals surface area contributed by atoms with Crippen molar-refractivity contribution >= 4 is 17.9 Å². The fourth-order valence-corrected chi connectivity index (χ4v) is 2.10. The molecule has 0 aromatic carbocycles. The second-order valence-corrected chi connectivity index (χ2v) is 6.34. The third kappa shape index (κ3) is 5.52. The van der Waals surface area contributed by atoms with E-state index in [0.717, 1.165) is 0 Å². The first-order valence-electron chi connectivity index (χ1n) is 7.58. The summed E-state index contributed by atoms with van der Waals surface area (Å²) in [5.74, 6) is -0.501. The molecule has 1 aromatic rings. The molecule has 0 radical (unpaired) electrons. The van der Waals surface area contributed by atoms with Crippen LogP contribution in [0.15, 0.2) is 12.4 Å². The van der Waals surface area contributed by atoms with Crippen molar-refractivity contribution in [2.75, 3.05) is 13.6 Å². The van der Waals surface area contributed by atoms with E-state index in [9.17, 15) is 19.7 Å². The zero-order valence-corrected chi connectivity index (χ0v) is 14.3. The number of imidazole rings is 1. The summed E-state index contributed by atoms with van der Waals surface area (Å²) in [6, 6.07) is -1.13. The number of amides is 3. The van der Waals surface area contributed by atoms with E-state index in [-0.39, 0.29) is 11.9 Å². The Labute approximate surface area is 140 Å². The van der Waals surface area contributed by atoms with Crippen LogP contribution in [-0.2, 0) is 11.3 Å². The number of carbonyl (C=O) groups is 2. The maximum absolute atomic E-state index is 11.9. The lowest BCUT2D eigenvalue weighted by atomic mass is 9.86. The van der Waals surface area contributed by atoms with Gasteiger partial charge in [-0.15, -0.1) is 0 Å². The lowest BCUT2D eigenvalue weighted by Crippen LogP contribution is -2.55. The van der Waals surface area contributed by atoms with Gasteiger partial charge in [-0.1, -0.05) is 25.8 Å². The van der Waals surface area contributed by atoms with Gasteiger partial charge < -0.3 is 26.1 Å². The maximum atomic E-state index is 11.9. The monoisotopic (exact) mass is 340 g/mol. The highest BCUT2D eigenvalue weighted by atomic mass is 16.6. The summed E-state index contributed by atoms with van der Waals surface area (Å²) in [7, 11) is 1.51. The van der Waals surface area contributed by atoms with Crippen LogP contribution in [0.25, 0.3) is 0 Å². The minimum Gasteiger partial charge on any atom is -0.390 e. The highest BCUT2D eigenvalue weighted by Gasteiger charge is 2.31. The number of likely N-dealkylation sites (N-methyl/N-ethyl adjacent to an activating group) is 1. The summed E-state index contributed by atoms with van der Waals surface area (Å²) < 4.78 is 1.40. The fraction of sp³-hybridized carbons (Fsp3) is 0.643. The molecular formula is C14H24N6O4. The average molecular weight is 340 g/mol. The molecule has 134 valence electrons. The van der Waals surface area contributed by atoms with Crippen molar-refractivity contribution in [3.05, 3.63) is 22.5 Å². The summed E-state index contributed by atoms with van der Waals surface area (Å²) >= 11 is 0. The summed E-state index contributed by atoms with van der Waals surface area (Å²) in [6.45, 7) is 6.22. The van der Waals surface area contributed by atoms with Gasteiger partial charge in [0.1, 0.15) is 18.4 Å². The number of nitrogens with one attached hydrogen (secondary N) is 3. The summed E-state index contributed by atoms with van der Waals surface area (Å²) in [4.78, 5) is 37.6. The molecule has 0 fully saturated rings. The lowest BCUT2D eigenvalue weighted by molar-refractivity contribution is -0.396. The van der Waals surface area contributed by atoms with Gasteiger partial charge in [0.15, 0.2) is 0 Å². The molecule has 0 unspecified atom stereocenters. The Morgan fingerprint density at radius 2 is 2.08 bits per heavy atom. The molecular weight excluding hydrogens is 316 g/mol. The summed E-state index contributed by atoms with van der Waals surface area (Å²) in [5.41, 5.74) is -0.436. The van der Waals surface area contributed by atoms with Gasteiger partial charge in [-0.2, -0.15) is 0 Å². The Kier molecular flexibility index (Phi) is 6.69. The second kappa shape index (κ2) is 8.27. The van der Waals surface area contributed by atoms with Gasteiger partial charge in [0.2, 0.25) is 5.91 Å². The number of aryl methyl sites for hydroxylation is 1. The molecule has 10 heteroatoms. The fourth-order valence-electron chi connectivity index (χ4n) is 2.10. The van der Waals surface area contributed by atoms with Crippen molar-refractivity contribution in [1.82, 2.24) is 25.5 Å².